The molecule has 0 saturated carbocycles. The SMILES string of the molecule is COc1cc2nc(N3Cc4cccc(NS(C)(=O)=O)c4C3)nc(N)c2c(-c2ccccc2)c1OC. The third-order valence-corrected chi connectivity index (χ3v) is 6.56. The molecule has 3 N–H and O–H groups in total. The van der Waals surface area contributed by atoms with Gasteiger partial charge >= 0.3 is 0 Å². The average Bonchev–Trinajstić information content (AvgIpc) is 3.28. The topological polar surface area (TPSA) is 120 Å². The molecule has 0 saturated heterocycles. The van der Waals surface area contributed by atoms with Crippen molar-refractivity contribution >= 4 is 38.4 Å². The van der Waals surface area contributed by atoms with E-state index in [0.29, 0.717) is 52.9 Å². The maximum Gasteiger partial charge on any atom is 0.229 e. The van der Waals surface area contributed by atoms with Gasteiger partial charge in [0.05, 0.1) is 37.1 Å². The van der Waals surface area contributed by atoms with Crippen LogP contribution in [0.15, 0.2) is 54.6 Å². The molecule has 35 heavy (non-hydrogen) atoms. The molecular formula is C25H25N5O4S. The Morgan fingerprint density at radius 2 is 1.77 bits per heavy atom. The molecule has 1 aliphatic rings. The lowest BCUT2D eigenvalue weighted by molar-refractivity contribution is 0.357. The molecule has 0 amide bonds. The van der Waals surface area contributed by atoms with Gasteiger partial charge in [0.1, 0.15) is 5.82 Å². The molecule has 0 unspecified atom stereocenters. The number of methoxy groups -OCH3 is 2. The van der Waals surface area contributed by atoms with E-state index in [2.05, 4.69) is 9.71 Å². The number of benzene rings is 3. The minimum atomic E-state index is -3.41. The van der Waals surface area contributed by atoms with Crippen molar-refractivity contribution in [2.24, 2.45) is 0 Å². The number of anilines is 3. The number of nitrogens with one attached hydrogen (secondary N) is 1. The van der Waals surface area contributed by atoms with Gasteiger partial charge in [0.25, 0.3) is 0 Å². The molecule has 1 aromatic heterocycles. The van der Waals surface area contributed by atoms with Gasteiger partial charge in [-0.25, -0.2) is 13.4 Å². The quantitative estimate of drug-likeness (QED) is 0.418. The van der Waals surface area contributed by atoms with Gasteiger partial charge in [-0.15, -0.1) is 0 Å². The van der Waals surface area contributed by atoms with E-state index in [1.54, 1.807) is 26.4 Å². The van der Waals surface area contributed by atoms with E-state index in [9.17, 15) is 8.42 Å². The molecule has 5 rings (SSSR count). The minimum absolute atomic E-state index is 0.315. The van der Waals surface area contributed by atoms with Crippen LogP contribution in [0.25, 0.3) is 22.0 Å². The molecule has 10 heteroatoms. The van der Waals surface area contributed by atoms with E-state index >= 15 is 0 Å². The summed E-state index contributed by atoms with van der Waals surface area (Å²) in [5.74, 6) is 1.85. The number of nitrogens with two attached hydrogens (primary N) is 1. The maximum absolute atomic E-state index is 11.8. The van der Waals surface area contributed by atoms with Crippen molar-refractivity contribution in [3.05, 3.63) is 65.7 Å². The second kappa shape index (κ2) is 8.62. The number of hydrogen-bond acceptors (Lipinski definition) is 8. The normalized spacial score (nSPS) is 13.1. The number of nitrogens with zero attached hydrogens (tertiary/aromatic N) is 3. The van der Waals surface area contributed by atoms with Crippen LogP contribution in [-0.4, -0.2) is 38.9 Å². The first-order chi connectivity index (χ1) is 16.8. The summed E-state index contributed by atoms with van der Waals surface area (Å²) in [6, 6.07) is 17.1. The van der Waals surface area contributed by atoms with Crippen LogP contribution in [0.3, 0.4) is 0 Å². The highest BCUT2D eigenvalue weighted by atomic mass is 32.2. The molecule has 2 heterocycles. The number of aromatic nitrogens is 2. The van der Waals surface area contributed by atoms with E-state index in [1.165, 1.54) is 0 Å². The summed E-state index contributed by atoms with van der Waals surface area (Å²) in [6.45, 7) is 0.968. The number of hydrogen-bond donors (Lipinski definition) is 2. The number of ether oxygens (including phenoxy) is 2. The summed E-state index contributed by atoms with van der Waals surface area (Å²) in [5, 5.41) is 0.675. The van der Waals surface area contributed by atoms with Crippen LogP contribution < -0.4 is 24.8 Å². The predicted octanol–water partition coefficient (Wildman–Crippen LogP) is 3.79. The van der Waals surface area contributed by atoms with Crippen molar-refractivity contribution in [1.82, 2.24) is 9.97 Å². The number of rotatable bonds is 6. The van der Waals surface area contributed by atoms with Crippen LogP contribution in [0.4, 0.5) is 17.5 Å². The van der Waals surface area contributed by atoms with Gasteiger partial charge < -0.3 is 20.1 Å². The van der Waals surface area contributed by atoms with Gasteiger partial charge in [-0.05, 0) is 17.2 Å². The highest BCUT2D eigenvalue weighted by molar-refractivity contribution is 7.92. The largest absolute Gasteiger partial charge is 0.493 e. The summed E-state index contributed by atoms with van der Waals surface area (Å²) < 4.78 is 37.6. The van der Waals surface area contributed by atoms with Gasteiger partial charge in [-0.1, -0.05) is 42.5 Å². The van der Waals surface area contributed by atoms with Crippen LogP contribution >= 0.6 is 0 Å². The Hall–Kier alpha value is -4.05. The zero-order valence-electron chi connectivity index (χ0n) is 19.6. The standard InChI is InChI=1S/C25H25N5O4S/c1-33-20-12-19-22(21(23(20)34-2)15-8-5-4-6-9-15)24(26)28-25(27-19)30-13-16-10-7-11-18(17(16)14-30)29-35(3,31)32/h4-12,29H,13-14H2,1-3H3,(H2,26,27,28). The Balaban J connectivity index is 1.63. The fourth-order valence-electron chi connectivity index (χ4n) is 4.51. The third-order valence-electron chi connectivity index (χ3n) is 5.97. The first kappa shape index (κ1) is 22.7. The van der Waals surface area contributed by atoms with Gasteiger partial charge in [0, 0.05) is 30.3 Å². The summed E-state index contributed by atoms with van der Waals surface area (Å²) >= 11 is 0. The van der Waals surface area contributed by atoms with Crippen molar-refractivity contribution in [2.75, 3.05) is 35.8 Å². The molecule has 0 fully saturated rings. The van der Waals surface area contributed by atoms with Crippen molar-refractivity contribution < 1.29 is 17.9 Å². The lowest BCUT2D eigenvalue weighted by Crippen LogP contribution is -2.19. The molecule has 180 valence electrons. The first-order valence-corrected chi connectivity index (χ1v) is 12.8. The molecule has 0 atom stereocenters. The van der Waals surface area contributed by atoms with Crippen molar-refractivity contribution in [1.29, 1.82) is 0 Å². The smallest absolute Gasteiger partial charge is 0.229 e. The van der Waals surface area contributed by atoms with Crippen LogP contribution in [-0.2, 0) is 23.1 Å². The van der Waals surface area contributed by atoms with E-state index in [0.717, 1.165) is 28.5 Å². The molecule has 1 aliphatic heterocycles. The van der Waals surface area contributed by atoms with Gasteiger partial charge in [0.2, 0.25) is 16.0 Å². The Bertz CT molecular complexity index is 1540. The first-order valence-electron chi connectivity index (χ1n) is 10.9. The van der Waals surface area contributed by atoms with Crippen molar-refractivity contribution in [3.63, 3.8) is 0 Å². The molecule has 3 aromatic carbocycles. The van der Waals surface area contributed by atoms with Crippen LogP contribution in [0, 0.1) is 0 Å². The van der Waals surface area contributed by atoms with Gasteiger partial charge in [-0.3, -0.25) is 4.72 Å². The van der Waals surface area contributed by atoms with E-state index in [-0.39, 0.29) is 0 Å². The minimum Gasteiger partial charge on any atom is -0.493 e. The average molecular weight is 492 g/mol. The second-order valence-electron chi connectivity index (χ2n) is 8.33. The monoisotopic (exact) mass is 491 g/mol. The van der Waals surface area contributed by atoms with Crippen LogP contribution in [0.1, 0.15) is 11.1 Å². The Morgan fingerprint density at radius 1 is 1.00 bits per heavy atom. The zero-order chi connectivity index (χ0) is 24.7. The molecule has 0 radical (unpaired) electrons. The fraction of sp³-hybridized carbons (Fsp3) is 0.200. The predicted molar refractivity (Wildman–Crippen MR) is 137 cm³/mol. The highest BCUT2D eigenvalue weighted by Gasteiger charge is 2.27. The number of sulfonamides is 1. The lowest BCUT2D eigenvalue weighted by Gasteiger charge is -2.20. The molecule has 0 aliphatic carbocycles. The number of nitrogen functional groups attached to an aromatic ring is 1. The third kappa shape index (κ3) is 4.17. The van der Waals surface area contributed by atoms with Crippen molar-refractivity contribution in [3.8, 4) is 22.6 Å². The lowest BCUT2D eigenvalue weighted by atomic mass is 9.99. The molecule has 4 aromatic rings. The Labute approximate surface area is 203 Å². The second-order valence-corrected chi connectivity index (χ2v) is 10.1. The summed E-state index contributed by atoms with van der Waals surface area (Å²) in [4.78, 5) is 11.4. The summed E-state index contributed by atoms with van der Waals surface area (Å²) in [6.07, 6.45) is 1.14. The van der Waals surface area contributed by atoms with E-state index < -0.39 is 10.0 Å². The van der Waals surface area contributed by atoms with Gasteiger partial charge in [0.15, 0.2) is 11.5 Å². The maximum atomic E-state index is 11.8. The molecule has 0 bridgehead atoms. The Morgan fingerprint density at radius 3 is 2.46 bits per heavy atom. The van der Waals surface area contributed by atoms with E-state index in [4.69, 9.17) is 20.2 Å². The van der Waals surface area contributed by atoms with E-state index in [1.807, 2.05) is 47.4 Å². The summed E-state index contributed by atoms with van der Waals surface area (Å²) in [7, 11) is -0.238. The molecule has 9 nitrogen and oxygen atoms in total. The molecular weight excluding hydrogens is 466 g/mol. The highest BCUT2D eigenvalue weighted by Crippen LogP contribution is 2.45. The Kier molecular flexibility index (Phi) is 5.60. The zero-order valence-corrected chi connectivity index (χ0v) is 20.4. The van der Waals surface area contributed by atoms with Crippen molar-refractivity contribution in [2.45, 2.75) is 13.1 Å². The van der Waals surface area contributed by atoms with Crippen LogP contribution in [0.5, 0.6) is 11.5 Å². The summed E-state index contributed by atoms with van der Waals surface area (Å²) in [5.41, 5.74) is 11.3. The van der Waals surface area contributed by atoms with Crippen LogP contribution in [0.2, 0.25) is 0 Å². The molecule has 0 spiro atoms. The fourth-order valence-corrected chi connectivity index (χ4v) is 5.10. The van der Waals surface area contributed by atoms with Gasteiger partial charge in [-0.2, -0.15) is 4.98 Å². The number of fused-ring (bicyclic) bond motifs is 2.